The van der Waals surface area contributed by atoms with E-state index in [9.17, 15) is 9.59 Å². The van der Waals surface area contributed by atoms with Crippen molar-refractivity contribution in [3.05, 3.63) is 58.9 Å². The molecule has 2 aromatic rings. The molecule has 12 nitrogen and oxygen atoms in total. The summed E-state index contributed by atoms with van der Waals surface area (Å²) in [5.41, 5.74) is 16.3. The van der Waals surface area contributed by atoms with Gasteiger partial charge in [-0.2, -0.15) is 0 Å². The van der Waals surface area contributed by atoms with Crippen LogP contribution in [0.1, 0.15) is 121 Å². The van der Waals surface area contributed by atoms with Gasteiger partial charge in [-0.25, -0.2) is 0 Å². The van der Waals surface area contributed by atoms with Gasteiger partial charge in [0.05, 0.1) is 51.2 Å². The number of ether oxygens (including phenoxy) is 4. The second-order valence-corrected chi connectivity index (χ2v) is 28.7. The molecule has 5 N–H and O–H groups in total. The minimum atomic E-state index is -1.99. The molecule has 0 fully saturated rings. The van der Waals surface area contributed by atoms with Gasteiger partial charge >= 0.3 is 0 Å². The maximum absolute atomic E-state index is 13.8. The number of nitrogen functional groups attached to an aromatic ring is 2. The maximum Gasteiger partial charge on any atom is 0.260 e. The van der Waals surface area contributed by atoms with Crippen molar-refractivity contribution in [2.75, 3.05) is 52.1 Å². The van der Waals surface area contributed by atoms with Crippen LogP contribution in [-0.4, -0.2) is 80.0 Å². The van der Waals surface area contributed by atoms with E-state index in [4.69, 9.17) is 39.3 Å². The summed E-state index contributed by atoms with van der Waals surface area (Å²) in [4.78, 5) is 28.6. The molecule has 0 bridgehead atoms. The number of benzene rings is 2. The molecule has 3 rings (SSSR count). The highest BCUT2D eigenvalue weighted by atomic mass is 28.4. The third kappa shape index (κ3) is 14.0. The summed E-state index contributed by atoms with van der Waals surface area (Å²) in [5, 5.41) is 3.14. The number of nitrogens with zero attached hydrogens (tertiary/aromatic N) is 1. The summed E-state index contributed by atoms with van der Waals surface area (Å²) < 4.78 is 36.1. The Morgan fingerprint density at radius 3 is 1.78 bits per heavy atom. The first-order chi connectivity index (χ1) is 27.9. The zero-order valence-corrected chi connectivity index (χ0v) is 41.2. The lowest BCUT2D eigenvalue weighted by Gasteiger charge is -2.38. The fourth-order valence-electron chi connectivity index (χ4n) is 6.10. The minimum Gasteiger partial charge on any atom is -0.493 e. The van der Waals surface area contributed by atoms with Crippen LogP contribution in [0.2, 0.25) is 36.3 Å². The molecule has 0 radical (unpaired) electrons. The van der Waals surface area contributed by atoms with Crippen LogP contribution in [0.4, 0.5) is 11.4 Å². The number of amides is 2. The number of carbonyl (C=O) groups is 2. The molecule has 1 aliphatic rings. The second-order valence-electron chi connectivity index (χ2n) is 19.1. The monoisotopic (exact) mass is 869 g/mol. The van der Waals surface area contributed by atoms with Gasteiger partial charge in [0.15, 0.2) is 39.6 Å². The van der Waals surface area contributed by atoms with Gasteiger partial charge in [-0.05, 0) is 107 Å². The predicted octanol–water partition coefficient (Wildman–Crippen LogP) is 10.5. The summed E-state index contributed by atoms with van der Waals surface area (Å²) in [5.74, 6) is 1.31. The zero-order chi connectivity index (χ0) is 45.1. The molecule has 1 heterocycles. The number of allylic oxidation sites excluding steroid dienone is 1. The number of hydrogen-bond acceptors (Lipinski definition) is 10. The number of anilines is 2. The Balaban J connectivity index is 1.47. The molecule has 0 spiro atoms. The number of nitrogens with two attached hydrogens (primary N) is 2. The summed E-state index contributed by atoms with van der Waals surface area (Å²) in [6.45, 7) is 28.5. The van der Waals surface area contributed by atoms with Crippen LogP contribution < -0.4 is 35.7 Å². The Labute approximate surface area is 363 Å². The molecule has 0 saturated carbocycles. The van der Waals surface area contributed by atoms with E-state index in [0.717, 1.165) is 62.7 Å². The Hall–Kier alpha value is -3.99. The Bertz CT molecular complexity index is 1830. The highest BCUT2D eigenvalue weighted by molar-refractivity contribution is 6.74. The molecule has 0 aliphatic carbocycles. The lowest BCUT2D eigenvalue weighted by atomic mass is 10.1. The SMILES string of the molecule is COc1cc(C(=O)N/C=C(/C)CCCCO[Si](C)(C)C(C)(C)C)c(N)cc1OCCCCCOc1cc(N)c(C(=O)N2C=C(C)C[C@H]2CO[Si](C)(C)C(C)(C)C)cc1OC. The molecule has 0 aromatic heterocycles. The summed E-state index contributed by atoms with van der Waals surface area (Å²) in [7, 11) is -0.647. The first kappa shape index (κ1) is 50.4. The fourth-order valence-corrected chi connectivity index (χ4v) is 8.23. The topological polar surface area (TPSA) is 157 Å². The highest BCUT2D eigenvalue weighted by Crippen LogP contribution is 2.39. The molecule has 2 amide bonds. The Kier molecular flexibility index (Phi) is 18.2. The minimum absolute atomic E-state index is 0.0715. The van der Waals surface area contributed by atoms with Crippen molar-refractivity contribution >= 4 is 39.8 Å². The average Bonchev–Trinajstić information content (AvgIpc) is 3.54. The van der Waals surface area contributed by atoms with E-state index in [1.54, 1.807) is 42.5 Å². The standard InChI is InChI=1S/C46H76N4O8Si2/c1-32(20-16-19-23-57-59(11,12)45(3,4)5)29-49-43(51)35-25-39(53-9)41(27-37(35)47)55-21-17-15-18-22-56-42-28-38(48)36(26-40(42)54-10)44(52)50-30-33(2)24-34(50)31-58-60(13,14)46(6,7)8/h25-30,34H,15-24,31,47-48H2,1-14H3,(H,49,51)/b32-29-/t34-/m0/s1. The van der Waals surface area contributed by atoms with Gasteiger partial charge in [0.1, 0.15) is 0 Å². The average molecular weight is 869 g/mol. The molecule has 1 atom stereocenters. The lowest BCUT2D eigenvalue weighted by Crippen LogP contribution is -2.45. The van der Waals surface area contributed by atoms with E-state index in [-0.39, 0.29) is 27.9 Å². The zero-order valence-electron chi connectivity index (χ0n) is 39.2. The van der Waals surface area contributed by atoms with E-state index in [1.807, 2.05) is 20.0 Å². The van der Waals surface area contributed by atoms with Crippen molar-refractivity contribution in [1.29, 1.82) is 0 Å². The largest absolute Gasteiger partial charge is 0.493 e. The number of methoxy groups -OCH3 is 2. The molecular formula is C46H76N4O8Si2. The molecule has 2 aromatic carbocycles. The van der Waals surface area contributed by atoms with Gasteiger partial charge in [0.25, 0.3) is 11.8 Å². The first-order valence-corrected chi connectivity index (χ1v) is 27.2. The van der Waals surface area contributed by atoms with Crippen LogP contribution in [0.25, 0.3) is 0 Å². The second kappa shape index (κ2) is 21.7. The van der Waals surface area contributed by atoms with Crippen LogP contribution in [-0.2, 0) is 8.85 Å². The van der Waals surface area contributed by atoms with E-state index in [1.165, 1.54) is 7.11 Å². The maximum atomic E-state index is 13.8. The van der Waals surface area contributed by atoms with Gasteiger partial charge < -0.3 is 49.5 Å². The molecule has 60 heavy (non-hydrogen) atoms. The van der Waals surface area contributed by atoms with Crippen molar-refractivity contribution in [2.45, 2.75) is 143 Å². The van der Waals surface area contributed by atoms with Crippen LogP contribution in [0, 0.1) is 0 Å². The fraction of sp³-hybridized carbons (Fsp3) is 0.609. The van der Waals surface area contributed by atoms with Gasteiger partial charge in [-0.1, -0.05) is 52.7 Å². The van der Waals surface area contributed by atoms with Crippen molar-refractivity contribution < 1.29 is 37.4 Å². The smallest absolute Gasteiger partial charge is 0.260 e. The molecule has 1 aliphatic heterocycles. The van der Waals surface area contributed by atoms with Gasteiger partial charge in [0, 0.05) is 42.5 Å². The quantitative estimate of drug-likeness (QED) is 0.0591. The van der Waals surface area contributed by atoms with Crippen molar-refractivity contribution in [2.24, 2.45) is 0 Å². The van der Waals surface area contributed by atoms with E-state index < -0.39 is 16.6 Å². The Morgan fingerprint density at radius 1 is 0.750 bits per heavy atom. The van der Waals surface area contributed by atoms with Crippen LogP contribution in [0.3, 0.4) is 0 Å². The molecule has 14 heteroatoms. The van der Waals surface area contributed by atoms with Gasteiger partial charge in [0.2, 0.25) is 0 Å². The van der Waals surface area contributed by atoms with Crippen LogP contribution in [0.15, 0.2) is 47.8 Å². The molecule has 336 valence electrons. The molecule has 0 unspecified atom stereocenters. The number of carbonyl (C=O) groups excluding carboxylic acids is 2. The van der Waals surface area contributed by atoms with E-state index in [0.29, 0.717) is 65.3 Å². The third-order valence-corrected chi connectivity index (χ3v) is 21.2. The van der Waals surface area contributed by atoms with Crippen molar-refractivity contribution in [1.82, 2.24) is 10.2 Å². The number of rotatable bonds is 22. The van der Waals surface area contributed by atoms with Crippen LogP contribution in [0.5, 0.6) is 23.0 Å². The van der Waals surface area contributed by atoms with E-state index >= 15 is 0 Å². The molecular weight excluding hydrogens is 793 g/mol. The highest BCUT2D eigenvalue weighted by Gasteiger charge is 2.40. The lowest BCUT2D eigenvalue weighted by molar-refractivity contribution is 0.0738. The van der Waals surface area contributed by atoms with Crippen molar-refractivity contribution in [3.8, 4) is 23.0 Å². The van der Waals surface area contributed by atoms with Gasteiger partial charge in [-0.15, -0.1) is 0 Å². The number of unbranched alkanes of at least 4 members (excludes halogenated alkanes) is 3. The van der Waals surface area contributed by atoms with E-state index in [2.05, 4.69) is 73.0 Å². The third-order valence-electron chi connectivity index (χ3n) is 12.1. The van der Waals surface area contributed by atoms with Crippen LogP contribution >= 0.6 is 0 Å². The molecule has 0 saturated heterocycles. The predicted molar refractivity (Wildman–Crippen MR) is 249 cm³/mol. The number of hydrogen-bond donors (Lipinski definition) is 3. The normalized spacial score (nSPS) is 15.2. The van der Waals surface area contributed by atoms with Crippen molar-refractivity contribution in [3.63, 3.8) is 0 Å². The summed E-state index contributed by atoms with van der Waals surface area (Å²) in [6.07, 6.45) is 9.53. The summed E-state index contributed by atoms with van der Waals surface area (Å²) >= 11 is 0. The Morgan fingerprint density at radius 2 is 1.25 bits per heavy atom. The van der Waals surface area contributed by atoms with Gasteiger partial charge in [-0.3, -0.25) is 9.59 Å². The first-order valence-electron chi connectivity index (χ1n) is 21.4. The summed E-state index contributed by atoms with van der Waals surface area (Å²) in [6, 6.07) is 6.46. The number of nitrogens with one attached hydrogen (secondary N) is 1.